The fourth-order valence-corrected chi connectivity index (χ4v) is 7.93. The highest BCUT2D eigenvalue weighted by molar-refractivity contribution is 7.17. The van der Waals surface area contributed by atoms with Gasteiger partial charge in [0.05, 0.1) is 5.56 Å². The average Bonchev–Trinajstić information content (AvgIpc) is 3.90. The van der Waals surface area contributed by atoms with Crippen LogP contribution in [0.25, 0.3) is 0 Å². The summed E-state index contributed by atoms with van der Waals surface area (Å²) in [4.78, 5) is 27.9. The van der Waals surface area contributed by atoms with Gasteiger partial charge in [0.2, 0.25) is 11.9 Å². The predicted molar refractivity (Wildman–Crippen MR) is 143 cm³/mol. The number of nitrogens with one attached hydrogen (secondary N) is 3. The molecule has 4 fully saturated rings. The summed E-state index contributed by atoms with van der Waals surface area (Å²) in [5.41, 5.74) is 1.81. The molecule has 0 aliphatic heterocycles. The summed E-state index contributed by atoms with van der Waals surface area (Å²) < 4.78 is 29.6. The molecule has 3 heterocycles. The van der Waals surface area contributed by atoms with Gasteiger partial charge in [-0.05, 0) is 74.2 Å². The Morgan fingerprint density at radius 1 is 1.18 bits per heavy atom. The van der Waals surface area contributed by atoms with E-state index in [1.54, 1.807) is 13.4 Å². The molecule has 4 saturated carbocycles. The highest BCUT2D eigenvalue weighted by Gasteiger charge is 2.66. The van der Waals surface area contributed by atoms with E-state index in [2.05, 4.69) is 31.2 Å². The third-order valence-corrected chi connectivity index (χ3v) is 11.0. The number of thiophene rings is 1. The van der Waals surface area contributed by atoms with E-state index in [9.17, 15) is 18.4 Å². The van der Waals surface area contributed by atoms with Crippen LogP contribution in [0.2, 0.25) is 0 Å². The van der Waals surface area contributed by atoms with Gasteiger partial charge in [-0.15, -0.1) is 21.5 Å². The number of carbonyl (C=O) groups excluding carboxylic acids is 2. The molecule has 13 heteroatoms. The smallest absolute Gasteiger partial charge is 0.282 e. The summed E-state index contributed by atoms with van der Waals surface area (Å²) in [7, 11) is 1.59. The van der Waals surface area contributed by atoms with Crippen LogP contribution in [-0.4, -0.2) is 42.4 Å². The number of carbonyl (C=O) groups is 2. The Kier molecular flexibility index (Phi) is 5.10. The third kappa shape index (κ3) is 3.95. The average molecular weight is 569 g/mol. The molecule has 10 nitrogen and oxygen atoms in total. The van der Waals surface area contributed by atoms with Gasteiger partial charge in [0.25, 0.3) is 12.3 Å². The molecule has 40 heavy (non-hydrogen) atoms. The monoisotopic (exact) mass is 568 g/mol. The summed E-state index contributed by atoms with van der Waals surface area (Å²) in [5, 5.41) is 22.3. The van der Waals surface area contributed by atoms with E-state index in [-0.39, 0.29) is 40.9 Å². The molecule has 0 bridgehead atoms. The SMILES string of the molecule is Cn1nc(C(F)F)cc1Nc1nncn1[C@H]1CCc2sc(NC(=O)[C@H]3CC34CC4)c(C(=O)NC3CC34CC4)c2C1. The number of hydrogen-bond donors (Lipinski definition) is 3. The molecule has 3 aromatic heterocycles. The lowest BCUT2D eigenvalue weighted by Crippen LogP contribution is -2.30. The Bertz CT molecular complexity index is 1550. The summed E-state index contributed by atoms with van der Waals surface area (Å²) in [6, 6.07) is 1.48. The molecule has 0 saturated heterocycles. The van der Waals surface area contributed by atoms with Crippen molar-refractivity contribution in [3.8, 4) is 0 Å². The molecule has 0 aromatic carbocycles. The molecule has 2 spiro atoms. The van der Waals surface area contributed by atoms with E-state index in [0.717, 1.165) is 49.0 Å². The fraction of sp³-hybridized carbons (Fsp3) is 0.593. The van der Waals surface area contributed by atoms with E-state index in [4.69, 9.17) is 0 Å². The quantitative estimate of drug-likeness (QED) is 0.368. The van der Waals surface area contributed by atoms with Gasteiger partial charge in [-0.2, -0.15) is 5.10 Å². The van der Waals surface area contributed by atoms with Crippen molar-refractivity contribution in [3.05, 3.63) is 34.1 Å². The lowest BCUT2D eigenvalue weighted by molar-refractivity contribution is -0.117. The van der Waals surface area contributed by atoms with Crippen molar-refractivity contribution in [2.45, 2.75) is 76.3 Å². The molecule has 1 unspecified atom stereocenters. The number of nitrogens with zero attached hydrogens (tertiary/aromatic N) is 5. The number of aryl methyl sites for hydroxylation is 2. The van der Waals surface area contributed by atoms with Crippen molar-refractivity contribution < 1.29 is 18.4 Å². The van der Waals surface area contributed by atoms with Crippen molar-refractivity contribution in [1.29, 1.82) is 0 Å². The summed E-state index contributed by atoms with van der Waals surface area (Å²) in [6.07, 6.45) is 7.67. The second-order valence-corrected chi connectivity index (χ2v) is 13.5. The first kappa shape index (κ1) is 24.4. The van der Waals surface area contributed by atoms with Crippen LogP contribution in [0.1, 0.15) is 83.9 Å². The number of hydrogen-bond acceptors (Lipinski definition) is 7. The Balaban J connectivity index is 1.07. The number of amides is 2. The van der Waals surface area contributed by atoms with Crippen LogP contribution in [0.15, 0.2) is 12.4 Å². The van der Waals surface area contributed by atoms with E-state index in [0.29, 0.717) is 34.2 Å². The third-order valence-electron chi connectivity index (χ3n) is 9.81. The maximum Gasteiger partial charge on any atom is 0.282 e. The largest absolute Gasteiger partial charge is 0.349 e. The molecule has 5 aliphatic rings. The van der Waals surface area contributed by atoms with Crippen LogP contribution in [0.4, 0.5) is 25.5 Å². The van der Waals surface area contributed by atoms with Gasteiger partial charge in [-0.25, -0.2) is 8.78 Å². The molecule has 5 aliphatic carbocycles. The van der Waals surface area contributed by atoms with Crippen molar-refractivity contribution in [2.24, 2.45) is 23.8 Å². The predicted octanol–water partition coefficient (Wildman–Crippen LogP) is 4.51. The minimum Gasteiger partial charge on any atom is -0.349 e. The van der Waals surface area contributed by atoms with E-state index < -0.39 is 6.43 Å². The number of aromatic nitrogens is 5. The number of alkyl halides is 2. The van der Waals surface area contributed by atoms with Gasteiger partial charge >= 0.3 is 0 Å². The van der Waals surface area contributed by atoms with Gasteiger partial charge in [0.15, 0.2) is 0 Å². The van der Waals surface area contributed by atoms with Crippen molar-refractivity contribution in [3.63, 3.8) is 0 Å². The van der Waals surface area contributed by atoms with Crippen molar-refractivity contribution in [1.82, 2.24) is 29.9 Å². The maximum absolute atomic E-state index is 13.7. The highest BCUT2D eigenvalue weighted by Crippen LogP contribution is 2.70. The van der Waals surface area contributed by atoms with Crippen LogP contribution < -0.4 is 16.0 Å². The molecule has 3 atom stereocenters. The Morgan fingerprint density at radius 3 is 2.65 bits per heavy atom. The van der Waals surface area contributed by atoms with E-state index >= 15 is 0 Å². The van der Waals surface area contributed by atoms with Gasteiger partial charge in [-0.3, -0.25) is 18.8 Å². The van der Waals surface area contributed by atoms with Crippen molar-refractivity contribution >= 4 is 39.9 Å². The standard InChI is InChI=1S/C27H30F2N8O2S/c1-36-19(9-16(35-36)21(28)29)32-25-34-30-12-37(25)13-2-3-17-14(8-13)20(23(39)31-18-11-27(18)6-7-27)24(40-17)33-22(38)15-10-26(15)4-5-26/h9,12-13,15,18,21H,2-8,10-11H2,1H3,(H,31,39)(H,32,34)(H,33,38)/t13-,15+,18?/m0/s1. The number of halogens is 2. The van der Waals surface area contributed by atoms with E-state index in [1.165, 1.54) is 34.9 Å². The van der Waals surface area contributed by atoms with Crippen molar-refractivity contribution in [2.75, 3.05) is 10.6 Å². The molecule has 8 rings (SSSR count). The molecular formula is C27H30F2N8O2S. The van der Waals surface area contributed by atoms with Gasteiger partial charge in [0.1, 0.15) is 22.8 Å². The summed E-state index contributed by atoms with van der Waals surface area (Å²) >= 11 is 1.53. The van der Waals surface area contributed by atoms with E-state index in [1.807, 2.05) is 4.57 Å². The maximum atomic E-state index is 13.7. The first-order valence-electron chi connectivity index (χ1n) is 14.0. The van der Waals surface area contributed by atoms with Gasteiger partial charge in [0, 0.05) is 36.0 Å². The zero-order valence-corrected chi connectivity index (χ0v) is 22.9. The second-order valence-electron chi connectivity index (χ2n) is 12.4. The van der Waals surface area contributed by atoms with Gasteiger partial charge in [-0.1, -0.05) is 0 Å². The van der Waals surface area contributed by atoms with Gasteiger partial charge < -0.3 is 16.0 Å². The summed E-state index contributed by atoms with van der Waals surface area (Å²) in [5.74, 6) is 0.807. The minimum absolute atomic E-state index is 0.0384. The first-order valence-corrected chi connectivity index (χ1v) is 14.8. The Morgan fingerprint density at radius 2 is 1.98 bits per heavy atom. The topological polar surface area (TPSA) is 119 Å². The van der Waals surface area contributed by atoms with Crippen LogP contribution >= 0.6 is 11.3 Å². The molecule has 3 aromatic rings. The summed E-state index contributed by atoms with van der Waals surface area (Å²) in [6.45, 7) is 0. The minimum atomic E-state index is -2.67. The first-order chi connectivity index (χ1) is 19.3. The van der Waals surface area contributed by atoms with Crippen LogP contribution in [0, 0.1) is 16.7 Å². The zero-order valence-electron chi connectivity index (χ0n) is 22.0. The number of fused-ring (bicyclic) bond motifs is 1. The van der Waals surface area contributed by atoms with Crippen LogP contribution in [-0.2, 0) is 24.7 Å². The Labute approximate surface area is 232 Å². The van der Waals surface area contributed by atoms with Crippen LogP contribution in [0.3, 0.4) is 0 Å². The highest BCUT2D eigenvalue weighted by atomic mass is 32.1. The van der Waals surface area contributed by atoms with Crippen LogP contribution in [0.5, 0.6) is 0 Å². The molecule has 210 valence electrons. The molecular weight excluding hydrogens is 538 g/mol. The normalized spacial score (nSPS) is 26.1. The Hall–Kier alpha value is -3.35. The molecule has 0 radical (unpaired) electrons. The zero-order chi connectivity index (χ0) is 27.4. The number of rotatable bonds is 8. The fourth-order valence-electron chi connectivity index (χ4n) is 6.68. The second kappa shape index (κ2) is 8.34. The number of anilines is 3. The molecule has 2 amide bonds. The lowest BCUT2D eigenvalue weighted by Gasteiger charge is -2.25. The molecule has 3 N–H and O–H groups in total. The lowest BCUT2D eigenvalue weighted by atomic mass is 9.91.